The van der Waals surface area contributed by atoms with E-state index in [9.17, 15) is 19.2 Å². The van der Waals surface area contributed by atoms with Gasteiger partial charge in [-0.3, -0.25) is 19.2 Å². The van der Waals surface area contributed by atoms with Crippen molar-refractivity contribution < 1.29 is 38.1 Å². The van der Waals surface area contributed by atoms with Crippen molar-refractivity contribution in [2.24, 2.45) is 5.92 Å². The lowest BCUT2D eigenvalue weighted by atomic mass is 9.79. The SMILES string of the molecule is C=C1C[C@H](COC(C)=O)[C@H](OC(C)=O)[C@H](OC(C)=O)[C@H]1OC(C)=O. The molecule has 0 aliphatic heterocycles. The molecule has 0 unspecified atom stereocenters. The predicted molar refractivity (Wildman–Crippen MR) is 80.5 cm³/mol. The standard InChI is InChI=1S/C16H22O8/c1-8-6-13(7-21-9(2)17)15(23-11(4)19)16(24-12(5)20)14(8)22-10(3)18/h13-16H,1,6-7H2,2-5H3/t13-,14+,15+,16-/m1/s1. The monoisotopic (exact) mass is 342 g/mol. The second kappa shape index (κ2) is 8.47. The summed E-state index contributed by atoms with van der Waals surface area (Å²) in [4.78, 5) is 45.3. The molecule has 0 saturated heterocycles. The smallest absolute Gasteiger partial charge is 0.303 e. The van der Waals surface area contributed by atoms with E-state index in [4.69, 9.17) is 18.9 Å². The van der Waals surface area contributed by atoms with Crippen molar-refractivity contribution in [2.45, 2.75) is 52.4 Å². The Bertz CT molecular complexity index is 538. The first kappa shape index (κ1) is 19.7. The van der Waals surface area contributed by atoms with Gasteiger partial charge in [-0.05, 0) is 12.0 Å². The molecule has 1 saturated carbocycles. The molecule has 134 valence electrons. The van der Waals surface area contributed by atoms with Gasteiger partial charge >= 0.3 is 23.9 Å². The third-order valence-electron chi connectivity index (χ3n) is 3.41. The summed E-state index contributed by atoms with van der Waals surface area (Å²) in [5.74, 6) is -2.78. The Hall–Kier alpha value is -2.38. The zero-order chi connectivity index (χ0) is 18.4. The van der Waals surface area contributed by atoms with Gasteiger partial charge in [0.1, 0.15) is 6.10 Å². The lowest BCUT2D eigenvalue weighted by molar-refractivity contribution is -0.192. The van der Waals surface area contributed by atoms with Gasteiger partial charge in [0.2, 0.25) is 0 Å². The Labute approximate surface area is 140 Å². The highest BCUT2D eigenvalue weighted by molar-refractivity contribution is 5.69. The fraction of sp³-hybridized carbons (Fsp3) is 0.625. The highest BCUT2D eigenvalue weighted by Gasteiger charge is 2.47. The van der Waals surface area contributed by atoms with E-state index in [0.717, 1.165) is 0 Å². The number of esters is 4. The van der Waals surface area contributed by atoms with E-state index in [1.54, 1.807) is 0 Å². The van der Waals surface area contributed by atoms with Crippen LogP contribution in [-0.4, -0.2) is 48.8 Å². The molecule has 0 N–H and O–H groups in total. The molecule has 1 rings (SSSR count). The molecule has 0 aromatic heterocycles. The predicted octanol–water partition coefficient (Wildman–Crippen LogP) is 0.921. The van der Waals surface area contributed by atoms with E-state index in [0.29, 0.717) is 5.57 Å². The van der Waals surface area contributed by atoms with Crippen molar-refractivity contribution in [3.05, 3.63) is 12.2 Å². The van der Waals surface area contributed by atoms with E-state index in [1.807, 2.05) is 0 Å². The second-order valence-corrected chi connectivity index (χ2v) is 5.60. The summed E-state index contributed by atoms with van der Waals surface area (Å²) >= 11 is 0. The van der Waals surface area contributed by atoms with E-state index in [-0.39, 0.29) is 13.0 Å². The fourth-order valence-electron chi connectivity index (χ4n) is 2.62. The van der Waals surface area contributed by atoms with Crippen LogP contribution in [0.2, 0.25) is 0 Å². The van der Waals surface area contributed by atoms with E-state index < -0.39 is 48.1 Å². The second-order valence-electron chi connectivity index (χ2n) is 5.60. The van der Waals surface area contributed by atoms with Crippen LogP contribution in [0.1, 0.15) is 34.1 Å². The summed E-state index contributed by atoms with van der Waals surface area (Å²) in [6.45, 7) is 8.66. The molecule has 0 heterocycles. The van der Waals surface area contributed by atoms with Crippen molar-refractivity contribution >= 4 is 23.9 Å². The average Bonchev–Trinajstić information content (AvgIpc) is 2.42. The van der Waals surface area contributed by atoms with Crippen LogP contribution in [0, 0.1) is 5.92 Å². The van der Waals surface area contributed by atoms with Crippen LogP contribution in [0.3, 0.4) is 0 Å². The summed E-state index contributed by atoms with van der Waals surface area (Å²) in [7, 11) is 0. The maximum Gasteiger partial charge on any atom is 0.303 e. The molecule has 24 heavy (non-hydrogen) atoms. The molecule has 0 spiro atoms. The molecule has 1 aliphatic rings. The van der Waals surface area contributed by atoms with E-state index in [2.05, 4.69) is 6.58 Å². The van der Waals surface area contributed by atoms with Crippen LogP contribution in [0.4, 0.5) is 0 Å². The van der Waals surface area contributed by atoms with Gasteiger partial charge in [-0.15, -0.1) is 0 Å². The average molecular weight is 342 g/mol. The van der Waals surface area contributed by atoms with Crippen LogP contribution >= 0.6 is 0 Å². The van der Waals surface area contributed by atoms with Crippen LogP contribution in [-0.2, 0) is 38.1 Å². The number of rotatable bonds is 5. The molecule has 0 aromatic rings. The lowest BCUT2D eigenvalue weighted by Crippen LogP contribution is -2.54. The third kappa shape index (κ3) is 5.68. The Morgan fingerprint density at radius 3 is 1.83 bits per heavy atom. The topological polar surface area (TPSA) is 105 Å². The summed E-state index contributed by atoms with van der Waals surface area (Å²) in [5.41, 5.74) is 0.483. The number of carbonyl (C=O) groups excluding carboxylic acids is 4. The number of hydrogen-bond donors (Lipinski definition) is 0. The first-order valence-electron chi connectivity index (χ1n) is 7.44. The molecule has 0 amide bonds. The van der Waals surface area contributed by atoms with Crippen molar-refractivity contribution in [1.29, 1.82) is 0 Å². The maximum absolute atomic E-state index is 11.4. The van der Waals surface area contributed by atoms with E-state index in [1.165, 1.54) is 27.7 Å². The molecule has 8 heteroatoms. The van der Waals surface area contributed by atoms with Gasteiger partial charge in [0.25, 0.3) is 0 Å². The Balaban J connectivity index is 3.13. The molecular weight excluding hydrogens is 320 g/mol. The van der Waals surface area contributed by atoms with Crippen molar-refractivity contribution in [1.82, 2.24) is 0 Å². The molecule has 1 aliphatic carbocycles. The summed E-state index contributed by atoms with van der Waals surface area (Å²) in [6.07, 6.45) is -2.65. The van der Waals surface area contributed by atoms with Gasteiger partial charge in [0.15, 0.2) is 12.2 Å². The molecule has 1 fully saturated rings. The van der Waals surface area contributed by atoms with Gasteiger partial charge in [0, 0.05) is 33.6 Å². The van der Waals surface area contributed by atoms with Gasteiger partial charge in [0.05, 0.1) is 6.61 Å². The van der Waals surface area contributed by atoms with Crippen LogP contribution in [0.5, 0.6) is 0 Å². The van der Waals surface area contributed by atoms with Crippen molar-refractivity contribution in [2.75, 3.05) is 6.61 Å². The Kier molecular flexibility index (Phi) is 6.94. The zero-order valence-electron chi connectivity index (χ0n) is 14.2. The Morgan fingerprint density at radius 2 is 1.38 bits per heavy atom. The quantitative estimate of drug-likeness (QED) is 0.412. The molecule has 8 nitrogen and oxygen atoms in total. The fourth-order valence-corrected chi connectivity index (χ4v) is 2.62. The van der Waals surface area contributed by atoms with Crippen molar-refractivity contribution in [3.8, 4) is 0 Å². The molecular formula is C16H22O8. The summed E-state index contributed by atoms with van der Waals surface area (Å²) < 4.78 is 20.7. The van der Waals surface area contributed by atoms with Gasteiger partial charge in [-0.25, -0.2) is 0 Å². The highest BCUT2D eigenvalue weighted by Crippen LogP contribution is 2.35. The number of hydrogen-bond acceptors (Lipinski definition) is 8. The largest absolute Gasteiger partial charge is 0.465 e. The maximum atomic E-state index is 11.4. The van der Waals surface area contributed by atoms with Crippen LogP contribution in [0.25, 0.3) is 0 Å². The minimum absolute atomic E-state index is 0.0448. The van der Waals surface area contributed by atoms with Crippen molar-refractivity contribution in [3.63, 3.8) is 0 Å². The van der Waals surface area contributed by atoms with Gasteiger partial charge < -0.3 is 18.9 Å². The van der Waals surface area contributed by atoms with Crippen LogP contribution < -0.4 is 0 Å². The summed E-state index contributed by atoms with van der Waals surface area (Å²) in [6, 6.07) is 0. The van der Waals surface area contributed by atoms with Gasteiger partial charge in [-0.2, -0.15) is 0 Å². The summed E-state index contributed by atoms with van der Waals surface area (Å²) in [5, 5.41) is 0. The van der Waals surface area contributed by atoms with Crippen LogP contribution in [0.15, 0.2) is 12.2 Å². The zero-order valence-corrected chi connectivity index (χ0v) is 14.2. The normalized spacial score (nSPS) is 26.2. The third-order valence-corrected chi connectivity index (χ3v) is 3.41. The Morgan fingerprint density at radius 1 is 0.875 bits per heavy atom. The first-order valence-corrected chi connectivity index (χ1v) is 7.44. The molecule has 0 bridgehead atoms. The number of ether oxygens (including phenoxy) is 4. The lowest BCUT2D eigenvalue weighted by Gasteiger charge is -2.41. The molecule has 4 atom stereocenters. The molecule has 0 radical (unpaired) electrons. The minimum atomic E-state index is -1.06. The molecule has 0 aromatic carbocycles. The highest BCUT2D eigenvalue weighted by atomic mass is 16.6. The minimum Gasteiger partial charge on any atom is -0.465 e. The van der Waals surface area contributed by atoms with E-state index >= 15 is 0 Å². The first-order chi connectivity index (χ1) is 11.1. The number of carbonyl (C=O) groups is 4. The van der Waals surface area contributed by atoms with Gasteiger partial charge in [-0.1, -0.05) is 6.58 Å².